The van der Waals surface area contributed by atoms with Gasteiger partial charge in [-0.1, -0.05) is 0 Å². The third-order valence-corrected chi connectivity index (χ3v) is 5.20. The molecule has 0 radical (unpaired) electrons. The molecule has 0 saturated carbocycles. The van der Waals surface area contributed by atoms with Gasteiger partial charge in [-0.15, -0.1) is 11.3 Å². The first-order chi connectivity index (χ1) is 9.54. The number of carbonyl (C=O) groups is 2. The van der Waals surface area contributed by atoms with Crippen molar-refractivity contribution in [2.45, 2.75) is 18.9 Å². The van der Waals surface area contributed by atoms with Gasteiger partial charge < -0.3 is 14.7 Å². The molecule has 2 rings (SSSR count). The molecule has 2 heterocycles. The molecule has 1 aliphatic heterocycles. The van der Waals surface area contributed by atoms with E-state index in [1.807, 2.05) is 11.4 Å². The molecular formula is C13H16BrNO4S. The van der Waals surface area contributed by atoms with Crippen molar-refractivity contribution in [3.8, 4) is 0 Å². The molecule has 7 heteroatoms. The van der Waals surface area contributed by atoms with Gasteiger partial charge in [0.25, 0.3) is 0 Å². The lowest BCUT2D eigenvalue weighted by molar-refractivity contribution is -0.152. The Balaban J connectivity index is 2.33. The number of likely N-dealkylation sites (tertiary alicyclic amines) is 1. The van der Waals surface area contributed by atoms with Crippen molar-refractivity contribution < 1.29 is 19.4 Å². The van der Waals surface area contributed by atoms with Crippen LogP contribution in [0, 0.1) is 5.92 Å². The Bertz CT molecular complexity index is 504. The second-order valence-electron chi connectivity index (χ2n) is 4.68. The van der Waals surface area contributed by atoms with E-state index in [1.165, 1.54) is 11.3 Å². The molecule has 1 aromatic heterocycles. The van der Waals surface area contributed by atoms with Crippen LogP contribution in [-0.2, 0) is 14.3 Å². The number of piperidine rings is 1. The maximum atomic E-state index is 12.1. The molecule has 0 aliphatic carbocycles. The third kappa shape index (κ3) is 3.21. The standard InChI is InChI=1S/C13H16BrNO4S/c1-19-5-4-15-11(16)3-2-9(13(17)18)12(15)10-6-8(14)7-20-10/h6-7,9,12H,2-5H2,1H3,(H,17,18). The van der Waals surface area contributed by atoms with Crippen LogP contribution in [0.4, 0.5) is 0 Å². The van der Waals surface area contributed by atoms with E-state index in [-0.39, 0.29) is 12.3 Å². The normalized spacial score (nSPS) is 23.1. The van der Waals surface area contributed by atoms with Crippen molar-refractivity contribution in [2.75, 3.05) is 20.3 Å². The first kappa shape index (κ1) is 15.5. The number of ether oxygens (including phenoxy) is 1. The van der Waals surface area contributed by atoms with E-state index >= 15 is 0 Å². The van der Waals surface area contributed by atoms with E-state index in [2.05, 4.69) is 15.9 Å². The molecule has 1 aliphatic rings. The van der Waals surface area contributed by atoms with Gasteiger partial charge in [0.2, 0.25) is 5.91 Å². The van der Waals surface area contributed by atoms with E-state index in [9.17, 15) is 14.7 Å². The minimum absolute atomic E-state index is 0.00549. The lowest BCUT2D eigenvalue weighted by Gasteiger charge is -2.38. The summed E-state index contributed by atoms with van der Waals surface area (Å²) < 4.78 is 5.94. The molecule has 2 atom stereocenters. The summed E-state index contributed by atoms with van der Waals surface area (Å²) in [6, 6.07) is 1.49. The van der Waals surface area contributed by atoms with Crippen LogP contribution in [0.5, 0.6) is 0 Å². The molecular weight excluding hydrogens is 346 g/mol. The summed E-state index contributed by atoms with van der Waals surface area (Å²) in [5.41, 5.74) is 0. The Morgan fingerprint density at radius 2 is 2.40 bits per heavy atom. The zero-order valence-electron chi connectivity index (χ0n) is 11.0. The van der Waals surface area contributed by atoms with Gasteiger partial charge in [0.05, 0.1) is 18.6 Å². The number of nitrogens with zero attached hydrogens (tertiary/aromatic N) is 1. The quantitative estimate of drug-likeness (QED) is 0.874. The summed E-state index contributed by atoms with van der Waals surface area (Å²) in [4.78, 5) is 26.2. The monoisotopic (exact) mass is 361 g/mol. The minimum atomic E-state index is -0.852. The lowest BCUT2D eigenvalue weighted by Crippen LogP contribution is -2.46. The highest BCUT2D eigenvalue weighted by atomic mass is 79.9. The average Bonchev–Trinajstić information content (AvgIpc) is 2.83. The molecule has 0 spiro atoms. The Morgan fingerprint density at radius 1 is 1.65 bits per heavy atom. The lowest BCUT2D eigenvalue weighted by atomic mass is 9.87. The highest BCUT2D eigenvalue weighted by Crippen LogP contribution is 2.40. The van der Waals surface area contributed by atoms with Crippen LogP contribution in [0.15, 0.2) is 15.9 Å². The van der Waals surface area contributed by atoms with Crippen molar-refractivity contribution in [1.82, 2.24) is 4.90 Å². The minimum Gasteiger partial charge on any atom is -0.481 e. The predicted octanol–water partition coefficient (Wildman–Crippen LogP) is 2.52. The Kier molecular flexibility index (Phi) is 5.17. The van der Waals surface area contributed by atoms with Crippen molar-refractivity contribution in [3.63, 3.8) is 0 Å². The number of rotatable bonds is 5. The fourth-order valence-electron chi connectivity index (χ4n) is 2.50. The molecule has 2 unspecified atom stereocenters. The van der Waals surface area contributed by atoms with Crippen molar-refractivity contribution in [2.24, 2.45) is 5.92 Å². The summed E-state index contributed by atoms with van der Waals surface area (Å²) in [5, 5.41) is 11.3. The summed E-state index contributed by atoms with van der Waals surface area (Å²) in [5.74, 6) is -1.42. The van der Waals surface area contributed by atoms with E-state index < -0.39 is 17.9 Å². The van der Waals surface area contributed by atoms with E-state index in [1.54, 1.807) is 12.0 Å². The predicted molar refractivity (Wildman–Crippen MR) is 78.7 cm³/mol. The van der Waals surface area contributed by atoms with Gasteiger partial charge in [-0.05, 0) is 28.4 Å². The number of carboxylic acid groups (broad SMARTS) is 1. The number of hydrogen-bond donors (Lipinski definition) is 1. The smallest absolute Gasteiger partial charge is 0.308 e. The third-order valence-electron chi connectivity index (χ3n) is 3.44. The molecule has 110 valence electrons. The Labute approximate surface area is 129 Å². The van der Waals surface area contributed by atoms with Gasteiger partial charge >= 0.3 is 5.97 Å². The molecule has 0 bridgehead atoms. The molecule has 5 nitrogen and oxygen atoms in total. The SMILES string of the molecule is COCCN1C(=O)CCC(C(=O)O)C1c1cc(Br)cs1. The molecule has 20 heavy (non-hydrogen) atoms. The topological polar surface area (TPSA) is 66.8 Å². The largest absolute Gasteiger partial charge is 0.481 e. The fraction of sp³-hybridized carbons (Fsp3) is 0.538. The van der Waals surface area contributed by atoms with Gasteiger partial charge in [0.1, 0.15) is 0 Å². The van der Waals surface area contributed by atoms with Crippen LogP contribution in [0.1, 0.15) is 23.8 Å². The molecule has 1 aromatic rings. The van der Waals surface area contributed by atoms with Crippen LogP contribution in [0.3, 0.4) is 0 Å². The first-order valence-corrected chi connectivity index (χ1v) is 7.97. The number of amides is 1. The summed E-state index contributed by atoms with van der Waals surface area (Å²) in [7, 11) is 1.57. The van der Waals surface area contributed by atoms with Gasteiger partial charge in [-0.2, -0.15) is 0 Å². The van der Waals surface area contributed by atoms with Crippen LogP contribution in [0.2, 0.25) is 0 Å². The highest BCUT2D eigenvalue weighted by Gasteiger charge is 2.41. The van der Waals surface area contributed by atoms with Crippen LogP contribution >= 0.6 is 27.3 Å². The van der Waals surface area contributed by atoms with E-state index in [0.717, 1.165) is 9.35 Å². The number of hydrogen-bond acceptors (Lipinski definition) is 4. The Hall–Kier alpha value is -0.920. The average molecular weight is 362 g/mol. The number of halogens is 1. The molecule has 1 saturated heterocycles. The number of methoxy groups -OCH3 is 1. The van der Waals surface area contributed by atoms with Crippen LogP contribution < -0.4 is 0 Å². The van der Waals surface area contributed by atoms with Crippen LogP contribution in [-0.4, -0.2) is 42.1 Å². The maximum Gasteiger partial charge on any atom is 0.308 e. The summed E-state index contributed by atoms with van der Waals surface area (Å²) in [6.07, 6.45) is 0.668. The van der Waals surface area contributed by atoms with E-state index in [4.69, 9.17) is 4.74 Å². The number of aliphatic carboxylic acids is 1. The van der Waals surface area contributed by atoms with Gasteiger partial charge in [-0.3, -0.25) is 9.59 Å². The first-order valence-electron chi connectivity index (χ1n) is 6.29. The fourth-order valence-corrected chi connectivity index (χ4v) is 4.12. The molecule has 1 fully saturated rings. The summed E-state index contributed by atoms with van der Waals surface area (Å²) in [6.45, 7) is 0.820. The van der Waals surface area contributed by atoms with E-state index in [0.29, 0.717) is 19.6 Å². The van der Waals surface area contributed by atoms with Gasteiger partial charge in [0.15, 0.2) is 0 Å². The number of carboxylic acids is 1. The zero-order chi connectivity index (χ0) is 14.7. The number of thiophene rings is 1. The molecule has 1 N–H and O–H groups in total. The summed E-state index contributed by atoms with van der Waals surface area (Å²) >= 11 is 4.85. The van der Waals surface area contributed by atoms with Crippen molar-refractivity contribution >= 4 is 39.1 Å². The van der Waals surface area contributed by atoms with Gasteiger partial charge in [0, 0.05) is 34.8 Å². The molecule has 1 amide bonds. The van der Waals surface area contributed by atoms with Crippen molar-refractivity contribution in [1.29, 1.82) is 0 Å². The second-order valence-corrected chi connectivity index (χ2v) is 6.53. The Morgan fingerprint density at radius 3 is 2.95 bits per heavy atom. The van der Waals surface area contributed by atoms with Crippen molar-refractivity contribution in [3.05, 3.63) is 20.8 Å². The number of carbonyl (C=O) groups excluding carboxylic acids is 1. The maximum absolute atomic E-state index is 12.1. The molecule has 0 aromatic carbocycles. The zero-order valence-corrected chi connectivity index (χ0v) is 13.4. The van der Waals surface area contributed by atoms with Crippen LogP contribution in [0.25, 0.3) is 0 Å². The highest BCUT2D eigenvalue weighted by molar-refractivity contribution is 9.10. The second kappa shape index (κ2) is 6.69. The van der Waals surface area contributed by atoms with Gasteiger partial charge in [-0.25, -0.2) is 0 Å².